The minimum absolute atomic E-state index is 0.0818. The van der Waals surface area contributed by atoms with E-state index in [0.29, 0.717) is 12.2 Å². The molecular formula is C13H12N2O4. The molecule has 0 amide bonds. The van der Waals surface area contributed by atoms with E-state index in [1.165, 1.54) is 24.3 Å². The number of carbonyl (C=O) groups is 1. The second-order valence-electron chi connectivity index (χ2n) is 3.59. The quantitative estimate of drug-likeness (QED) is 0.460. The highest BCUT2D eigenvalue weighted by molar-refractivity contribution is 5.72. The van der Waals surface area contributed by atoms with Gasteiger partial charge in [-0.1, -0.05) is 12.2 Å². The SMILES string of the molecule is CCOC(=O)CC=Cc1cc(C#N)cc([N+](=O)[O-])c1. The van der Waals surface area contributed by atoms with Gasteiger partial charge in [0.15, 0.2) is 0 Å². The summed E-state index contributed by atoms with van der Waals surface area (Å²) in [4.78, 5) is 21.2. The summed E-state index contributed by atoms with van der Waals surface area (Å²) in [5, 5.41) is 19.5. The molecule has 0 unspecified atom stereocenters. The summed E-state index contributed by atoms with van der Waals surface area (Å²) in [5.74, 6) is -0.371. The zero-order valence-electron chi connectivity index (χ0n) is 10.3. The van der Waals surface area contributed by atoms with Crippen LogP contribution in [0.1, 0.15) is 24.5 Å². The van der Waals surface area contributed by atoms with Gasteiger partial charge >= 0.3 is 5.97 Å². The maximum atomic E-state index is 11.1. The third-order valence-corrected chi connectivity index (χ3v) is 2.18. The number of nitrogens with zero attached hydrogens (tertiary/aromatic N) is 2. The van der Waals surface area contributed by atoms with Gasteiger partial charge in [0.1, 0.15) is 0 Å². The molecule has 0 aliphatic heterocycles. The molecule has 1 aromatic carbocycles. The van der Waals surface area contributed by atoms with Gasteiger partial charge in [0, 0.05) is 12.1 Å². The van der Waals surface area contributed by atoms with Crippen molar-refractivity contribution < 1.29 is 14.5 Å². The third kappa shape index (κ3) is 4.60. The molecule has 1 rings (SSSR count). The Labute approximate surface area is 110 Å². The van der Waals surface area contributed by atoms with Gasteiger partial charge in [0.2, 0.25) is 0 Å². The number of ether oxygens (including phenoxy) is 1. The van der Waals surface area contributed by atoms with Crippen LogP contribution in [0.4, 0.5) is 5.69 Å². The first-order chi connectivity index (χ1) is 9.06. The van der Waals surface area contributed by atoms with Crippen molar-refractivity contribution in [1.29, 1.82) is 5.26 Å². The molecule has 6 heteroatoms. The molecule has 0 saturated heterocycles. The molecule has 0 aromatic heterocycles. The number of non-ortho nitro benzene ring substituents is 1. The molecule has 98 valence electrons. The number of hydrogen-bond acceptors (Lipinski definition) is 5. The Balaban J connectivity index is 2.86. The second kappa shape index (κ2) is 6.91. The van der Waals surface area contributed by atoms with Crippen LogP contribution < -0.4 is 0 Å². The van der Waals surface area contributed by atoms with E-state index in [1.807, 2.05) is 6.07 Å². The Kier molecular flexibility index (Phi) is 5.23. The lowest BCUT2D eigenvalue weighted by atomic mass is 10.1. The average Bonchev–Trinajstić information content (AvgIpc) is 2.38. The van der Waals surface area contributed by atoms with Crippen LogP contribution in [-0.2, 0) is 9.53 Å². The van der Waals surface area contributed by atoms with Crippen LogP contribution in [0, 0.1) is 21.4 Å². The van der Waals surface area contributed by atoms with Crippen molar-refractivity contribution in [3.63, 3.8) is 0 Å². The maximum Gasteiger partial charge on any atom is 0.309 e. The number of nitriles is 1. The van der Waals surface area contributed by atoms with Crippen molar-refractivity contribution in [3.8, 4) is 6.07 Å². The Morgan fingerprint density at radius 3 is 2.84 bits per heavy atom. The molecule has 0 fully saturated rings. The number of rotatable bonds is 5. The van der Waals surface area contributed by atoms with Gasteiger partial charge in [-0.25, -0.2) is 0 Å². The van der Waals surface area contributed by atoms with Crippen LogP contribution in [0.3, 0.4) is 0 Å². The number of esters is 1. The summed E-state index contributed by atoms with van der Waals surface area (Å²) in [6, 6.07) is 5.89. The van der Waals surface area contributed by atoms with Crippen LogP contribution in [0.5, 0.6) is 0 Å². The molecule has 0 heterocycles. The smallest absolute Gasteiger partial charge is 0.309 e. The largest absolute Gasteiger partial charge is 0.466 e. The number of carbonyl (C=O) groups excluding carboxylic acids is 1. The van der Waals surface area contributed by atoms with Crippen molar-refractivity contribution in [2.75, 3.05) is 6.61 Å². The average molecular weight is 260 g/mol. The molecule has 19 heavy (non-hydrogen) atoms. The van der Waals surface area contributed by atoms with Gasteiger partial charge in [-0.3, -0.25) is 14.9 Å². The van der Waals surface area contributed by atoms with Crippen LogP contribution in [0.2, 0.25) is 0 Å². The molecule has 0 aliphatic rings. The van der Waals surface area contributed by atoms with Gasteiger partial charge in [-0.15, -0.1) is 0 Å². The van der Waals surface area contributed by atoms with Crippen LogP contribution in [0.25, 0.3) is 6.08 Å². The predicted octanol–water partition coefficient (Wildman–Crippen LogP) is 2.43. The molecule has 0 saturated carbocycles. The van der Waals surface area contributed by atoms with E-state index in [2.05, 4.69) is 0 Å². The van der Waals surface area contributed by atoms with E-state index in [0.717, 1.165) is 0 Å². The highest BCUT2D eigenvalue weighted by atomic mass is 16.6. The summed E-state index contributed by atoms with van der Waals surface area (Å²) >= 11 is 0. The van der Waals surface area contributed by atoms with E-state index in [1.54, 1.807) is 13.0 Å². The zero-order valence-corrected chi connectivity index (χ0v) is 10.3. The molecule has 0 atom stereocenters. The Morgan fingerprint density at radius 2 is 2.26 bits per heavy atom. The summed E-state index contributed by atoms with van der Waals surface area (Å²) in [7, 11) is 0. The number of benzene rings is 1. The Hall–Kier alpha value is -2.68. The van der Waals surface area contributed by atoms with E-state index in [-0.39, 0.29) is 23.6 Å². The first-order valence-electron chi connectivity index (χ1n) is 5.58. The lowest BCUT2D eigenvalue weighted by molar-refractivity contribution is -0.384. The van der Waals surface area contributed by atoms with E-state index in [4.69, 9.17) is 10.00 Å². The Morgan fingerprint density at radius 1 is 1.53 bits per heavy atom. The summed E-state index contributed by atoms with van der Waals surface area (Å²) in [5.41, 5.74) is 0.537. The van der Waals surface area contributed by atoms with Crippen molar-refractivity contribution in [1.82, 2.24) is 0 Å². The minimum atomic E-state index is -0.566. The predicted molar refractivity (Wildman–Crippen MR) is 68.1 cm³/mol. The van der Waals surface area contributed by atoms with Gasteiger partial charge in [-0.2, -0.15) is 5.26 Å². The van der Waals surface area contributed by atoms with E-state index in [9.17, 15) is 14.9 Å². The molecule has 1 aromatic rings. The molecule has 0 radical (unpaired) electrons. The molecule has 6 nitrogen and oxygen atoms in total. The normalized spacial score (nSPS) is 10.1. The summed E-state index contributed by atoms with van der Waals surface area (Å²) in [6.45, 7) is 2.02. The molecule has 0 bridgehead atoms. The maximum absolute atomic E-state index is 11.1. The van der Waals surface area contributed by atoms with Crippen molar-refractivity contribution >= 4 is 17.7 Å². The van der Waals surface area contributed by atoms with Crippen molar-refractivity contribution in [2.24, 2.45) is 0 Å². The van der Waals surface area contributed by atoms with Crippen molar-refractivity contribution in [2.45, 2.75) is 13.3 Å². The summed E-state index contributed by atoms with van der Waals surface area (Å²) in [6.07, 6.45) is 3.17. The zero-order chi connectivity index (χ0) is 14.3. The highest BCUT2D eigenvalue weighted by Crippen LogP contribution is 2.18. The van der Waals surface area contributed by atoms with Crippen LogP contribution >= 0.6 is 0 Å². The highest BCUT2D eigenvalue weighted by Gasteiger charge is 2.08. The van der Waals surface area contributed by atoms with E-state index >= 15 is 0 Å². The second-order valence-corrected chi connectivity index (χ2v) is 3.59. The minimum Gasteiger partial charge on any atom is -0.466 e. The third-order valence-electron chi connectivity index (χ3n) is 2.18. The first kappa shape index (κ1) is 14.4. The van der Waals surface area contributed by atoms with Gasteiger partial charge in [0.25, 0.3) is 5.69 Å². The van der Waals surface area contributed by atoms with Crippen molar-refractivity contribution in [3.05, 3.63) is 45.5 Å². The lowest BCUT2D eigenvalue weighted by Crippen LogP contribution is -2.01. The lowest BCUT2D eigenvalue weighted by Gasteiger charge is -1.98. The topological polar surface area (TPSA) is 93.2 Å². The number of hydrogen-bond donors (Lipinski definition) is 0. The van der Waals surface area contributed by atoms with Crippen LogP contribution in [-0.4, -0.2) is 17.5 Å². The fourth-order valence-electron chi connectivity index (χ4n) is 1.41. The molecule has 0 spiro atoms. The number of nitro benzene ring substituents is 1. The van der Waals surface area contributed by atoms with Gasteiger partial charge in [-0.05, 0) is 18.6 Å². The van der Waals surface area contributed by atoms with Gasteiger partial charge < -0.3 is 4.74 Å². The van der Waals surface area contributed by atoms with E-state index < -0.39 is 4.92 Å². The fourth-order valence-corrected chi connectivity index (χ4v) is 1.41. The number of nitro groups is 1. The molecule has 0 aliphatic carbocycles. The monoisotopic (exact) mass is 260 g/mol. The fraction of sp³-hybridized carbons (Fsp3) is 0.231. The molecule has 0 N–H and O–H groups in total. The van der Waals surface area contributed by atoms with Gasteiger partial charge in [0.05, 0.1) is 29.6 Å². The standard InChI is InChI=1S/C13H12N2O4/c1-2-19-13(16)5-3-4-10-6-11(9-14)8-12(7-10)15(17)18/h3-4,6-8H,2,5H2,1H3. The van der Waals surface area contributed by atoms with Crippen LogP contribution in [0.15, 0.2) is 24.3 Å². The first-order valence-corrected chi connectivity index (χ1v) is 5.58. The Bertz CT molecular complexity index is 558. The summed E-state index contributed by atoms with van der Waals surface area (Å²) < 4.78 is 4.74. The molecular weight excluding hydrogens is 248 g/mol.